The molecular weight excluding hydrogens is 390 g/mol. The van der Waals surface area contributed by atoms with Crippen molar-refractivity contribution in [2.24, 2.45) is 0 Å². The zero-order valence-corrected chi connectivity index (χ0v) is 19.0. The maximum Gasteiger partial charge on any atom is 0.410 e. The first-order valence-corrected chi connectivity index (χ1v) is 10.8. The van der Waals surface area contributed by atoms with E-state index in [1.165, 1.54) is 5.56 Å². The molecule has 0 atom stereocenters. The van der Waals surface area contributed by atoms with Crippen LogP contribution in [-0.2, 0) is 10.2 Å². The smallest absolute Gasteiger partial charge is 0.410 e. The number of amides is 2. The maximum atomic E-state index is 13.2. The number of ether oxygens (including phenoxy) is 1. The van der Waals surface area contributed by atoms with E-state index in [1.54, 1.807) is 4.90 Å². The first kappa shape index (κ1) is 21.2. The van der Waals surface area contributed by atoms with Gasteiger partial charge in [-0.25, -0.2) is 4.79 Å². The number of fused-ring (bicyclic) bond motifs is 2. The van der Waals surface area contributed by atoms with E-state index in [0.29, 0.717) is 31.7 Å². The number of hydrogen-bond acceptors (Lipinski definition) is 4. The minimum absolute atomic E-state index is 0.00120. The van der Waals surface area contributed by atoms with Gasteiger partial charge in [-0.3, -0.25) is 4.79 Å². The van der Waals surface area contributed by atoms with Gasteiger partial charge in [-0.2, -0.15) is 0 Å². The second-order valence-electron chi connectivity index (χ2n) is 9.82. The fraction of sp³-hybridized carbons (Fsp3) is 0.440. The second kappa shape index (κ2) is 7.59. The van der Waals surface area contributed by atoms with Crippen LogP contribution >= 0.6 is 0 Å². The number of hydrogen-bond donors (Lipinski definition) is 1. The van der Waals surface area contributed by atoms with Crippen LogP contribution in [0.3, 0.4) is 0 Å². The van der Waals surface area contributed by atoms with E-state index >= 15 is 0 Å². The Morgan fingerprint density at radius 3 is 2.19 bits per heavy atom. The van der Waals surface area contributed by atoms with Crippen LogP contribution in [0.15, 0.2) is 42.5 Å². The lowest BCUT2D eigenvalue weighted by molar-refractivity contribution is 0.0141. The summed E-state index contributed by atoms with van der Waals surface area (Å²) in [7, 11) is 0. The van der Waals surface area contributed by atoms with Crippen molar-refractivity contribution in [3.8, 4) is 0 Å². The Labute approximate surface area is 184 Å². The average Bonchev–Trinajstić information content (AvgIpc) is 2.72. The van der Waals surface area contributed by atoms with Gasteiger partial charge in [-0.05, 0) is 56.2 Å². The number of nitrogens with one attached hydrogen (secondary N) is 1. The van der Waals surface area contributed by atoms with Crippen molar-refractivity contribution in [3.05, 3.63) is 59.2 Å². The molecule has 6 heteroatoms. The Hall–Kier alpha value is -3.02. The lowest BCUT2D eigenvalue weighted by Crippen LogP contribution is -2.51. The number of para-hydroxylation sites is 1. The number of rotatable bonds is 1. The van der Waals surface area contributed by atoms with Crippen LogP contribution in [0.4, 0.5) is 16.2 Å². The summed E-state index contributed by atoms with van der Waals surface area (Å²) in [5.41, 5.74) is 4.43. The Balaban J connectivity index is 1.49. The van der Waals surface area contributed by atoms with E-state index in [1.807, 2.05) is 56.0 Å². The summed E-state index contributed by atoms with van der Waals surface area (Å²) in [6.07, 6.45) is -0.320. The molecule has 164 valence electrons. The topological polar surface area (TPSA) is 61.9 Å². The van der Waals surface area contributed by atoms with Gasteiger partial charge in [0, 0.05) is 48.5 Å². The number of benzene rings is 2. The molecule has 6 nitrogen and oxygen atoms in total. The predicted octanol–water partition coefficient (Wildman–Crippen LogP) is 4.76. The van der Waals surface area contributed by atoms with Gasteiger partial charge in [-0.1, -0.05) is 32.0 Å². The van der Waals surface area contributed by atoms with Gasteiger partial charge >= 0.3 is 6.09 Å². The van der Waals surface area contributed by atoms with E-state index in [-0.39, 0.29) is 17.4 Å². The van der Waals surface area contributed by atoms with Crippen LogP contribution in [0.2, 0.25) is 0 Å². The monoisotopic (exact) mass is 421 g/mol. The fourth-order valence-electron chi connectivity index (χ4n) is 4.33. The molecule has 2 heterocycles. The summed E-state index contributed by atoms with van der Waals surface area (Å²) >= 11 is 0. The fourth-order valence-corrected chi connectivity index (χ4v) is 4.33. The Morgan fingerprint density at radius 1 is 0.903 bits per heavy atom. The first-order chi connectivity index (χ1) is 14.6. The van der Waals surface area contributed by atoms with Crippen LogP contribution in [0.1, 0.15) is 56.1 Å². The molecule has 4 rings (SSSR count). The van der Waals surface area contributed by atoms with Crippen molar-refractivity contribution in [1.29, 1.82) is 0 Å². The highest BCUT2D eigenvalue weighted by atomic mass is 16.6. The zero-order valence-electron chi connectivity index (χ0n) is 19.0. The van der Waals surface area contributed by atoms with Gasteiger partial charge in [0.1, 0.15) is 5.60 Å². The summed E-state index contributed by atoms with van der Waals surface area (Å²) in [6, 6.07) is 14.2. The molecule has 0 aromatic heterocycles. The summed E-state index contributed by atoms with van der Waals surface area (Å²) in [5, 5.41) is 3.50. The van der Waals surface area contributed by atoms with Crippen molar-refractivity contribution in [1.82, 2.24) is 9.80 Å². The van der Waals surface area contributed by atoms with Crippen molar-refractivity contribution in [2.45, 2.75) is 45.6 Å². The van der Waals surface area contributed by atoms with Crippen molar-refractivity contribution < 1.29 is 14.3 Å². The highest BCUT2D eigenvalue weighted by Crippen LogP contribution is 2.45. The molecule has 0 unspecified atom stereocenters. The number of anilines is 2. The van der Waals surface area contributed by atoms with Gasteiger partial charge < -0.3 is 19.9 Å². The van der Waals surface area contributed by atoms with Gasteiger partial charge in [-0.15, -0.1) is 0 Å². The predicted molar refractivity (Wildman–Crippen MR) is 122 cm³/mol. The molecule has 31 heavy (non-hydrogen) atoms. The second-order valence-corrected chi connectivity index (χ2v) is 9.82. The van der Waals surface area contributed by atoms with Crippen LogP contribution in [0.5, 0.6) is 0 Å². The first-order valence-electron chi connectivity index (χ1n) is 10.8. The number of carbonyl (C=O) groups excluding carboxylic acids is 2. The molecule has 2 aliphatic heterocycles. The molecule has 0 bridgehead atoms. The van der Waals surface area contributed by atoms with Crippen molar-refractivity contribution in [3.63, 3.8) is 0 Å². The highest BCUT2D eigenvalue weighted by molar-refractivity contribution is 5.96. The molecule has 1 saturated heterocycles. The third kappa shape index (κ3) is 4.11. The van der Waals surface area contributed by atoms with Crippen LogP contribution in [0, 0.1) is 0 Å². The summed E-state index contributed by atoms with van der Waals surface area (Å²) < 4.78 is 5.45. The Bertz CT molecular complexity index is 1010. The van der Waals surface area contributed by atoms with E-state index in [0.717, 1.165) is 16.9 Å². The summed E-state index contributed by atoms with van der Waals surface area (Å²) in [5.74, 6) is 0.00120. The summed E-state index contributed by atoms with van der Waals surface area (Å²) in [6.45, 7) is 11.9. The Morgan fingerprint density at radius 2 is 1.52 bits per heavy atom. The minimum atomic E-state index is -0.521. The largest absolute Gasteiger partial charge is 0.444 e. The zero-order chi connectivity index (χ0) is 22.4. The molecule has 2 amide bonds. The maximum absolute atomic E-state index is 13.2. The normalized spacial score (nSPS) is 17.3. The molecule has 0 aliphatic carbocycles. The van der Waals surface area contributed by atoms with Crippen LogP contribution < -0.4 is 5.32 Å². The molecule has 2 aliphatic rings. The third-order valence-corrected chi connectivity index (χ3v) is 6.03. The number of piperazine rings is 1. The van der Waals surface area contributed by atoms with Crippen molar-refractivity contribution >= 4 is 23.4 Å². The number of carbonyl (C=O) groups is 2. The van der Waals surface area contributed by atoms with Crippen LogP contribution in [0.25, 0.3) is 0 Å². The summed E-state index contributed by atoms with van der Waals surface area (Å²) in [4.78, 5) is 29.0. The molecule has 1 N–H and O–H groups in total. The molecule has 0 radical (unpaired) electrons. The van der Waals surface area contributed by atoms with E-state index in [2.05, 4.69) is 31.3 Å². The molecular formula is C25H31N3O3. The molecule has 2 aromatic carbocycles. The van der Waals surface area contributed by atoms with Gasteiger partial charge in [0.2, 0.25) is 0 Å². The molecule has 2 aromatic rings. The SMILES string of the molecule is CC(C)(C)OC(=O)N1CCN(C(=O)c2ccc3c(c2)C(C)(C)c2ccccc2N3)CC1. The molecule has 0 spiro atoms. The lowest BCUT2D eigenvalue weighted by atomic mass is 9.74. The van der Waals surface area contributed by atoms with Gasteiger partial charge in [0.25, 0.3) is 5.91 Å². The van der Waals surface area contributed by atoms with Gasteiger partial charge in [0.15, 0.2) is 0 Å². The van der Waals surface area contributed by atoms with Crippen molar-refractivity contribution in [2.75, 3.05) is 31.5 Å². The Kier molecular flexibility index (Phi) is 5.20. The molecule has 1 fully saturated rings. The van der Waals surface area contributed by atoms with Gasteiger partial charge in [0.05, 0.1) is 0 Å². The van der Waals surface area contributed by atoms with E-state index in [9.17, 15) is 9.59 Å². The van der Waals surface area contributed by atoms with E-state index in [4.69, 9.17) is 4.74 Å². The quantitative estimate of drug-likeness (QED) is 0.721. The average molecular weight is 422 g/mol. The van der Waals surface area contributed by atoms with Crippen LogP contribution in [-0.4, -0.2) is 53.6 Å². The lowest BCUT2D eigenvalue weighted by Gasteiger charge is -2.37. The highest BCUT2D eigenvalue weighted by Gasteiger charge is 2.34. The standard InChI is InChI=1S/C25H31N3O3/c1-24(2,3)31-23(30)28-14-12-27(13-15-28)22(29)17-10-11-21-19(16-17)25(4,5)18-8-6-7-9-20(18)26-21/h6-11,16,26H,12-15H2,1-5H3. The molecule has 0 saturated carbocycles. The number of nitrogens with zero attached hydrogens (tertiary/aromatic N) is 2. The van der Waals surface area contributed by atoms with E-state index < -0.39 is 5.60 Å². The third-order valence-electron chi connectivity index (χ3n) is 6.03. The minimum Gasteiger partial charge on any atom is -0.444 e.